The molecule has 1 aromatic carbocycles. The van der Waals surface area contributed by atoms with Crippen molar-refractivity contribution >= 4 is 17.7 Å². The summed E-state index contributed by atoms with van der Waals surface area (Å²) in [5.74, 6) is -1.66. The highest BCUT2D eigenvalue weighted by Crippen LogP contribution is 2.38. The van der Waals surface area contributed by atoms with E-state index < -0.39 is 18.4 Å². The van der Waals surface area contributed by atoms with Crippen LogP contribution in [0, 0.1) is 0 Å². The van der Waals surface area contributed by atoms with Crippen LogP contribution in [0.25, 0.3) is 0 Å². The second-order valence-electron chi connectivity index (χ2n) is 8.67. The minimum atomic E-state index is -3.00. The van der Waals surface area contributed by atoms with Crippen LogP contribution < -0.4 is 20.9 Å². The number of primary amides is 2. The number of pyridine rings is 1. The first-order valence-corrected chi connectivity index (χ1v) is 11.1. The molecule has 0 aliphatic carbocycles. The molecule has 2 aromatic rings. The molecule has 0 saturated carbocycles. The Morgan fingerprint density at radius 1 is 1.11 bits per heavy atom. The van der Waals surface area contributed by atoms with E-state index in [1.54, 1.807) is 30.9 Å². The average molecular weight is 491 g/mol. The molecule has 1 aliphatic rings. The molecular formula is C24H28F2N4O5. The first-order chi connectivity index (χ1) is 16.5. The van der Waals surface area contributed by atoms with Crippen molar-refractivity contribution in [2.75, 3.05) is 6.54 Å². The molecule has 3 rings (SSSR count). The van der Waals surface area contributed by atoms with Crippen LogP contribution in [0.5, 0.6) is 11.5 Å². The van der Waals surface area contributed by atoms with E-state index in [0.29, 0.717) is 18.5 Å². The molecule has 35 heavy (non-hydrogen) atoms. The second kappa shape index (κ2) is 10.7. The zero-order chi connectivity index (χ0) is 25.9. The topological polar surface area (TPSA) is 138 Å². The maximum atomic E-state index is 12.8. The largest absolute Gasteiger partial charge is 0.487 e. The van der Waals surface area contributed by atoms with Crippen LogP contribution in [0.3, 0.4) is 0 Å². The molecule has 0 unspecified atom stereocenters. The quantitative estimate of drug-likeness (QED) is 0.554. The number of aromatic nitrogens is 1. The number of nitrogens with zero attached hydrogens (tertiary/aromatic N) is 2. The lowest BCUT2D eigenvalue weighted by Crippen LogP contribution is -2.35. The third-order valence-corrected chi connectivity index (χ3v) is 5.78. The molecular weight excluding hydrogens is 462 g/mol. The predicted molar refractivity (Wildman–Crippen MR) is 122 cm³/mol. The monoisotopic (exact) mass is 490 g/mol. The molecule has 2 heterocycles. The summed E-state index contributed by atoms with van der Waals surface area (Å²) in [6.07, 6.45) is 1.65. The van der Waals surface area contributed by atoms with E-state index in [9.17, 15) is 23.2 Å². The number of alkyl halides is 2. The van der Waals surface area contributed by atoms with Gasteiger partial charge in [0.2, 0.25) is 11.8 Å². The Morgan fingerprint density at radius 3 is 2.40 bits per heavy atom. The van der Waals surface area contributed by atoms with Gasteiger partial charge >= 0.3 is 6.61 Å². The Kier molecular flexibility index (Phi) is 7.88. The number of benzene rings is 1. The minimum absolute atomic E-state index is 0.00284. The van der Waals surface area contributed by atoms with Crippen LogP contribution >= 0.6 is 0 Å². The number of rotatable bonds is 9. The van der Waals surface area contributed by atoms with Crippen molar-refractivity contribution in [3.05, 3.63) is 52.8 Å². The fraction of sp³-hybridized carbons (Fsp3) is 0.417. The lowest BCUT2D eigenvalue weighted by molar-refractivity contribution is -0.129. The van der Waals surface area contributed by atoms with Gasteiger partial charge in [0.15, 0.2) is 11.5 Å². The van der Waals surface area contributed by atoms with Gasteiger partial charge in [0.05, 0.1) is 11.7 Å². The fourth-order valence-electron chi connectivity index (χ4n) is 4.33. The van der Waals surface area contributed by atoms with Crippen molar-refractivity contribution in [2.45, 2.75) is 58.3 Å². The Hall–Kier alpha value is -3.76. The zero-order valence-corrected chi connectivity index (χ0v) is 19.7. The first kappa shape index (κ1) is 25.9. The number of carbonyl (C=O) groups excluding carboxylic acids is 3. The lowest BCUT2D eigenvalue weighted by Gasteiger charge is -2.23. The van der Waals surface area contributed by atoms with Crippen LogP contribution in [-0.2, 0) is 11.2 Å². The maximum Gasteiger partial charge on any atom is 0.387 e. The number of likely N-dealkylation sites (tertiary alicyclic amines) is 1. The molecule has 0 radical (unpaired) electrons. The number of hydrogen-bond donors (Lipinski definition) is 2. The number of hydrogen-bond acceptors (Lipinski definition) is 6. The van der Waals surface area contributed by atoms with Crippen molar-refractivity contribution in [2.24, 2.45) is 11.5 Å². The molecule has 188 valence electrons. The Morgan fingerprint density at radius 2 is 1.83 bits per heavy atom. The Bertz CT molecular complexity index is 1130. The molecule has 1 saturated heterocycles. The van der Waals surface area contributed by atoms with Gasteiger partial charge in [0, 0.05) is 31.6 Å². The molecule has 1 aromatic heterocycles. The predicted octanol–water partition coefficient (Wildman–Crippen LogP) is 2.62. The summed E-state index contributed by atoms with van der Waals surface area (Å²) in [4.78, 5) is 41.6. The van der Waals surface area contributed by atoms with Gasteiger partial charge in [-0.3, -0.25) is 14.4 Å². The van der Waals surface area contributed by atoms with Crippen LogP contribution in [-0.4, -0.2) is 52.9 Å². The van der Waals surface area contributed by atoms with E-state index in [4.69, 9.17) is 16.2 Å². The van der Waals surface area contributed by atoms with Gasteiger partial charge in [-0.25, -0.2) is 4.98 Å². The number of amides is 3. The molecule has 11 heteroatoms. The molecule has 9 nitrogen and oxygen atoms in total. The average Bonchev–Trinajstić information content (AvgIpc) is 3.18. The van der Waals surface area contributed by atoms with E-state index in [-0.39, 0.29) is 53.1 Å². The molecule has 3 amide bonds. The van der Waals surface area contributed by atoms with Crippen molar-refractivity contribution in [3.8, 4) is 11.5 Å². The highest BCUT2D eigenvalue weighted by atomic mass is 19.3. The summed E-state index contributed by atoms with van der Waals surface area (Å²) >= 11 is 0. The fourth-order valence-corrected chi connectivity index (χ4v) is 4.33. The van der Waals surface area contributed by atoms with E-state index in [1.807, 2.05) is 0 Å². The van der Waals surface area contributed by atoms with Crippen LogP contribution in [0.2, 0.25) is 0 Å². The Labute approximate surface area is 201 Å². The molecule has 4 N–H and O–H groups in total. The van der Waals surface area contributed by atoms with E-state index in [1.165, 1.54) is 25.3 Å². The van der Waals surface area contributed by atoms with Gasteiger partial charge in [0.1, 0.15) is 5.69 Å². The molecule has 2 atom stereocenters. The third-order valence-electron chi connectivity index (χ3n) is 5.78. The van der Waals surface area contributed by atoms with Gasteiger partial charge in [-0.2, -0.15) is 8.78 Å². The standard InChI is InChI=1S/C24H28F2N4O5/c1-12(2)34-20-9-14(4-5-19(20)35-24(25)26)17-8-18(30(11-17)13(3)31)7-15-6-16(22(27)32)10-29-21(15)23(28)33/h4-6,9-10,12,17-18,24H,7-8,11H2,1-3H3,(H2,27,32)(H2,28,33)/t17-,18+/m1/s1. The van der Waals surface area contributed by atoms with Gasteiger partial charge in [-0.15, -0.1) is 0 Å². The van der Waals surface area contributed by atoms with Crippen molar-refractivity contribution in [3.63, 3.8) is 0 Å². The van der Waals surface area contributed by atoms with Crippen LogP contribution in [0.1, 0.15) is 65.1 Å². The number of nitrogens with two attached hydrogens (primary N) is 2. The molecule has 0 spiro atoms. The van der Waals surface area contributed by atoms with Crippen LogP contribution in [0.4, 0.5) is 8.78 Å². The van der Waals surface area contributed by atoms with Crippen molar-refractivity contribution in [1.82, 2.24) is 9.88 Å². The van der Waals surface area contributed by atoms with Crippen molar-refractivity contribution in [1.29, 1.82) is 0 Å². The van der Waals surface area contributed by atoms with Gasteiger partial charge in [-0.1, -0.05) is 6.07 Å². The van der Waals surface area contributed by atoms with Crippen molar-refractivity contribution < 1.29 is 32.6 Å². The number of halogens is 2. The summed E-state index contributed by atoms with van der Waals surface area (Å²) < 4.78 is 35.9. The number of carbonyl (C=O) groups is 3. The zero-order valence-electron chi connectivity index (χ0n) is 19.7. The van der Waals surface area contributed by atoms with Gasteiger partial charge in [-0.05, 0) is 56.0 Å². The maximum absolute atomic E-state index is 12.8. The number of ether oxygens (including phenoxy) is 2. The molecule has 1 fully saturated rings. The summed E-state index contributed by atoms with van der Waals surface area (Å²) in [6, 6.07) is 5.88. The smallest absolute Gasteiger partial charge is 0.387 e. The van der Waals surface area contributed by atoms with Gasteiger partial charge < -0.3 is 25.8 Å². The third kappa shape index (κ3) is 6.23. The summed E-state index contributed by atoms with van der Waals surface area (Å²) in [5.41, 5.74) is 12.1. The highest BCUT2D eigenvalue weighted by molar-refractivity contribution is 5.96. The Balaban J connectivity index is 1.92. The van der Waals surface area contributed by atoms with Crippen LogP contribution in [0.15, 0.2) is 30.5 Å². The van der Waals surface area contributed by atoms with E-state index in [0.717, 1.165) is 5.56 Å². The molecule has 0 bridgehead atoms. The van der Waals surface area contributed by atoms with E-state index in [2.05, 4.69) is 9.72 Å². The summed E-state index contributed by atoms with van der Waals surface area (Å²) in [5, 5.41) is 0. The highest BCUT2D eigenvalue weighted by Gasteiger charge is 2.36. The molecule has 1 aliphatic heterocycles. The summed E-state index contributed by atoms with van der Waals surface area (Å²) in [7, 11) is 0. The lowest BCUT2D eigenvalue weighted by atomic mass is 9.93. The second-order valence-corrected chi connectivity index (χ2v) is 8.67. The first-order valence-electron chi connectivity index (χ1n) is 11.1. The van der Waals surface area contributed by atoms with E-state index >= 15 is 0 Å². The summed E-state index contributed by atoms with van der Waals surface area (Å²) in [6.45, 7) is 2.35. The SMILES string of the molecule is CC(=O)N1C[C@H](c2ccc(OC(F)F)c(OC(C)C)c2)C[C@@H]1Cc1cc(C(N)=O)cnc1C(N)=O. The van der Waals surface area contributed by atoms with Gasteiger partial charge in [0.25, 0.3) is 5.91 Å². The normalized spacial score (nSPS) is 17.6. The minimum Gasteiger partial charge on any atom is -0.487 e.